The molecule has 2 aliphatic heterocycles. The maximum atomic E-state index is 12.3. The molecule has 37 heavy (non-hydrogen) atoms. The van der Waals surface area contributed by atoms with Crippen molar-refractivity contribution in [1.82, 2.24) is 14.9 Å². The SMILES string of the molecule is CCOc1ccc(C=NNC(=O)Cc2ccc(Cl)cc2)cc1CN1CC2CC(C1)c1cccc(=O)n1C2. The zero-order valence-corrected chi connectivity index (χ0v) is 21.7. The van der Waals surface area contributed by atoms with Gasteiger partial charge in [-0.25, -0.2) is 5.43 Å². The Morgan fingerprint density at radius 3 is 2.78 bits per heavy atom. The van der Waals surface area contributed by atoms with E-state index in [1.54, 1.807) is 24.4 Å². The van der Waals surface area contributed by atoms with E-state index in [-0.39, 0.29) is 17.9 Å². The lowest BCUT2D eigenvalue weighted by molar-refractivity contribution is -0.120. The number of amides is 1. The van der Waals surface area contributed by atoms with Gasteiger partial charge in [0.1, 0.15) is 5.75 Å². The second-order valence-electron chi connectivity index (χ2n) is 9.79. The molecule has 1 fully saturated rings. The van der Waals surface area contributed by atoms with E-state index >= 15 is 0 Å². The quantitative estimate of drug-likeness (QED) is 0.358. The van der Waals surface area contributed by atoms with Crippen LogP contribution in [0.25, 0.3) is 0 Å². The zero-order valence-electron chi connectivity index (χ0n) is 20.9. The number of aromatic nitrogens is 1. The summed E-state index contributed by atoms with van der Waals surface area (Å²) in [6, 6.07) is 18.8. The number of rotatable bonds is 8. The predicted octanol–water partition coefficient (Wildman–Crippen LogP) is 4.21. The van der Waals surface area contributed by atoms with Crippen LogP contribution >= 0.6 is 11.6 Å². The molecule has 0 aliphatic carbocycles. The van der Waals surface area contributed by atoms with Gasteiger partial charge in [-0.05, 0) is 66.8 Å². The van der Waals surface area contributed by atoms with E-state index in [1.165, 1.54) is 0 Å². The third kappa shape index (κ3) is 6.12. The number of hydrazone groups is 1. The Morgan fingerprint density at radius 2 is 1.97 bits per heavy atom. The zero-order chi connectivity index (χ0) is 25.8. The Morgan fingerprint density at radius 1 is 1.14 bits per heavy atom. The summed E-state index contributed by atoms with van der Waals surface area (Å²) in [6.07, 6.45) is 3.02. The predicted molar refractivity (Wildman–Crippen MR) is 145 cm³/mol. The first-order valence-electron chi connectivity index (χ1n) is 12.7. The summed E-state index contributed by atoms with van der Waals surface area (Å²) in [5.74, 6) is 1.49. The molecule has 2 aliphatic rings. The van der Waals surface area contributed by atoms with Crippen LogP contribution in [0.1, 0.15) is 41.6 Å². The molecular weight excluding hydrogens is 488 g/mol. The van der Waals surface area contributed by atoms with Crippen LogP contribution in [0.15, 0.2) is 70.6 Å². The Labute approximate surface area is 221 Å². The molecular formula is C29H31ClN4O3. The number of fused-ring (bicyclic) bond motifs is 4. The van der Waals surface area contributed by atoms with Gasteiger partial charge in [0.15, 0.2) is 0 Å². The van der Waals surface area contributed by atoms with Gasteiger partial charge in [0, 0.05) is 54.4 Å². The maximum Gasteiger partial charge on any atom is 0.250 e. The van der Waals surface area contributed by atoms with Crippen molar-refractivity contribution < 1.29 is 9.53 Å². The average Bonchev–Trinajstić information content (AvgIpc) is 2.88. The van der Waals surface area contributed by atoms with E-state index in [4.69, 9.17) is 16.3 Å². The average molecular weight is 519 g/mol. The Bertz CT molecular complexity index is 1350. The molecule has 0 saturated carbocycles. The molecule has 1 amide bonds. The van der Waals surface area contributed by atoms with Crippen LogP contribution in [0.5, 0.6) is 5.75 Å². The van der Waals surface area contributed by atoms with Crippen LogP contribution in [0.2, 0.25) is 5.02 Å². The topological polar surface area (TPSA) is 75.9 Å². The fourth-order valence-corrected chi connectivity index (χ4v) is 5.60. The lowest BCUT2D eigenvalue weighted by atomic mass is 9.83. The Hall–Kier alpha value is -3.42. The van der Waals surface area contributed by atoms with Crippen LogP contribution in [-0.2, 0) is 24.3 Å². The van der Waals surface area contributed by atoms with Gasteiger partial charge in [-0.3, -0.25) is 14.5 Å². The van der Waals surface area contributed by atoms with Gasteiger partial charge >= 0.3 is 0 Å². The number of pyridine rings is 1. The van der Waals surface area contributed by atoms with E-state index in [0.29, 0.717) is 23.5 Å². The van der Waals surface area contributed by atoms with E-state index < -0.39 is 0 Å². The normalized spacial score (nSPS) is 19.0. The number of carbonyl (C=O) groups excluding carboxylic acids is 1. The van der Waals surface area contributed by atoms with Gasteiger partial charge in [0.05, 0.1) is 19.2 Å². The molecule has 2 aromatic carbocycles. The fraction of sp³-hybridized carbons (Fsp3) is 0.345. The number of nitrogens with one attached hydrogen (secondary N) is 1. The Balaban J connectivity index is 1.26. The molecule has 1 N–H and O–H groups in total. The van der Waals surface area contributed by atoms with Crippen LogP contribution in [0.3, 0.4) is 0 Å². The minimum absolute atomic E-state index is 0.103. The number of likely N-dealkylation sites (tertiary alicyclic amines) is 1. The van der Waals surface area contributed by atoms with Gasteiger partial charge in [-0.1, -0.05) is 29.8 Å². The number of piperidine rings is 1. The van der Waals surface area contributed by atoms with Crippen molar-refractivity contribution in [2.75, 3.05) is 19.7 Å². The van der Waals surface area contributed by atoms with Crippen LogP contribution in [-0.4, -0.2) is 41.3 Å². The number of benzene rings is 2. The van der Waals surface area contributed by atoms with Gasteiger partial charge < -0.3 is 9.30 Å². The number of carbonyl (C=O) groups is 1. The number of halogens is 1. The number of nitrogens with zero attached hydrogens (tertiary/aromatic N) is 3. The summed E-state index contributed by atoms with van der Waals surface area (Å²) in [7, 11) is 0. The minimum Gasteiger partial charge on any atom is -0.494 e. The highest BCUT2D eigenvalue weighted by Gasteiger charge is 2.34. The lowest BCUT2D eigenvalue weighted by Gasteiger charge is -2.43. The molecule has 0 spiro atoms. The molecule has 1 saturated heterocycles. The van der Waals surface area contributed by atoms with E-state index in [0.717, 1.165) is 60.7 Å². The van der Waals surface area contributed by atoms with Gasteiger partial charge in [-0.2, -0.15) is 5.10 Å². The number of ether oxygens (including phenoxy) is 1. The van der Waals surface area contributed by atoms with Gasteiger partial charge in [-0.15, -0.1) is 0 Å². The summed E-state index contributed by atoms with van der Waals surface area (Å²) in [4.78, 5) is 27.1. The molecule has 5 rings (SSSR count). The first-order valence-corrected chi connectivity index (χ1v) is 13.1. The summed E-state index contributed by atoms with van der Waals surface area (Å²) in [6.45, 7) is 5.96. The highest BCUT2D eigenvalue weighted by Crippen LogP contribution is 2.36. The third-order valence-corrected chi connectivity index (χ3v) is 7.27. The summed E-state index contributed by atoms with van der Waals surface area (Å²) in [5.41, 5.74) is 6.70. The molecule has 192 valence electrons. The first-order chi connectivity index (χ1) is 18.0. The second kappa shape index (κ2) is 11.3. The van der Waals surface area contributed by atoms with Crippen molar-refractivity contribution in [3.63, 3.8) is 0 Å². The third-order valence-electron chi connectivity index (χ3n) is 7.01. The van der Waals surface area contributed by atoms with Crippen molar-refractivity contribution >= 4 is 23.7 Å². The fourth-order valence-electron chi connectivity index (χ4n) is 5.47. The van der Waals surface area contributed by atoms with Crippen LogP contribution in [0.4, 0.5) is 0 Å². The van der Waals surface area contributed by atoms with Crippen molar-refractivity contribution in [1.29, 1.82) is 0 Å². The Kier molecular flexibility index (Phi) is 7.72. The molecule has 1 aromatic heterocycles. The molecule has 7 nitrogen and oxygen atoms in total. The number of hydrogen-bond acceptors (Lipinski definition) is 5. The second-order valence-corrected chi connectivity index (χ2v) is 10.2. The van der Waals surface area contributed by atoms with E-state index in [2.05, 4.69) is 27.6 Å². The molecule has 8 heteroatoms. The molecule has 0 radical (unpaired) electrons. The van der Waals surface area contributed by atoms with E-state index in [9.17, 15) is 9.59 Å². The highest BCUT2D eigenvalue weighted by atomic mass is 35.5. The molecule has 2 bridgehead atoms. The summed E-state index contributed by atoms with van der Waals surface area (Å²) >= 11 is 5.91. The van der Waals surface area contributed by atoms with Gasteiger partial charge in [0.25, 0.3) is 5.56 Å². The standard InChI is InChI=1S/C29H31ClN4O3/c1-2-37-27-11-8-21(15-31-32-28(35)14-20-6-9-25(30)10-7-20)12-24(27)19-33-16-22-13-23(18-33)26-4-3-5-29(36)34(26)17-22/h3-12,15,22-23H,2,13-14,16-19H2,1H3,(H,32,35). The molecule has 3 heterocycles. The van der Waals surface area contributed by atoms with Gasteiger partial charge in [0.2, 0.25) is 5.91 Å². The highest BCUT2D eigenvalue weighted by molar-refractivity contribution is 6.30. The summed E-state index contributed by atoms with van der Waals surface area (Å²) in [5, 5.41) is 4.80. The minimum atomic E-state index is -0.191. The van der Waals surface area contributed by atoms with Crippen molar-refractivity contribution in [3.8, 4) is 5.75 Å². The van der Waals surface area contributed by atoms with Crippen LogP contribution < -0.4 is 15.7 Å². The van der Waals surface area contributed by atoms with E-state index in [1.807, 2.05) is 41.8 Å². The first kappa shape index (κ1) is 25.2. The van der Waals surface area contributed by atoms with Crippen molar-refractivity contribution in [2.24, 2.45) is 11.0 Å². The van der Waals surface area contributed by atoms with Crippen LogP contribution in [0, 0.1) is 5.92 Å². The molecule has 2 atom stereocenters. The molecule has 3 aromatic rings. The number of hydrogen-bond donors (Lipinski definition) is 1. The largest absolute Gasteiger partial charge is 0.494 e. The smallest absolute Gasteiger partial charge is 0.250 e. The maximum absolute atomic E-state index is 12.3. The van der Waals surface area contributed by atoms with Crippen molar-refractivity contribution in [3.05, 3.63) is 98.4 Å². The molecule has 2 unspecified atom stereocenters. The monoisotopic (exact) mass is 518 g/mol. The van der Waals surface area contributed by atoms with Crippen molar-refractivity contribution in [2.45, 2.75) is 38.8 Å². The summed E-state index contributed by atoms with van der Waals surface area (Å²) < 4.78 is 7.88. The lowest BCUT2D eigenvalue weighted by Crippen LogP contribution is -2.46.